The van der Waals surface area contributed by atoms with Crippen molar-refractivity contribution in [3.63, 3.8) is 0 Å². The van der Waals surface area contributed by atoms with Crippen LogP contribution >= 0.6 is 33.2 Å². The van der Waals surface area contributed by atoms with Crippen molar-refractivity contribution >= 4 is 39.2 Å². The van der Waals surface area contributed by atoms with Crippen molar-refractivity contribution < 1.29 is 4.74 Å². The summed E-state index contributed by atoms with van der Waals surface area (Å²) < 4.78 is 6.11. The molecule has 35 heavy (non-hydrogen) atoms. The van der Waals surface area contributed by atoms with Crippen molar-refractivity contribution in [2.24, 2.45) is 0 Å². The summed E-state index contributed by atoms with van der Waals surface area (Å²) in [6.45, 7) is 0.806. The Hall–Kier alpha value is -0.673. The van der Waals surface area contributed by atoms with E-state index in [1.807, 2.05) is 0 Å². The molecule has 0 aliphatic carbocycles. The van der Waals surface area contributed by atoms with Gasteiger partial charge in [0.1, 0.15) is 5.75 Å². The smallest absolute Gasteiger partial charge is 0.341 e. The third kappa shape index (κ3) is 15.9. The molecule has 0 atom stereocenters. The molecule has 0 radical (unpaired) electrons. The standard InChI is InChI=1S/C30H45Cl3OSi/c31-35(32,33)27-21-14-12-10-8-6-4-2-1-3-5-7-9-11-13-20-26-34-30-25-19-18-24-29(30)28-22-16-15-17-23-28/h15-19,22-25H,1-14,20-21,26-27H2. The van der Waals surface area contributed by atoms with Crippen LogP contribution in [0.5, 0.6) is 5.75 Å². The first-order valence-corrected chi connectivity index (χ1v) is 19.1. The van der Waals surface area contributed by atoms with Crippen LogP contribution in [0.4, 0.5) is 0 Å². The van der Waals surface area contributed by atoms with Gasteiger partial charge in [0.2, 0.25) is 0 Å². The zero-order valence-corrected chi connectivity index (χ0v) is 24.7. The summed E-state index contributed by atoms with van der Waals surface area (Å²) in [5, 5.41) is 0. The minimum absolute atomic E-state index is 0.806. The van der Waals surface area contributed by atoms with Gasteiger partial charge in [0.25, 0.3) is 0 Å². The van der Waals surface area contributed by atoms with E-state index in [2.05, 4.69) is 54.6 Å². The summed E-state index contributed by atoms with van der Waals surface area (Å²) in [5.74, 6) is 0.997. The third-order valence-corrected chi connectivity index (χ3v) is 9.21. The molecule has 1 nitrogen and oxygen atoms in total. The molecule has 0 amide bonds. The Bertz CT molecular complexity index is 764. The lowest BCUT2D eigenvalue weighted by Gasteiger charge is -2.11. The number of ether oxygens (including phenoxy) is 1. The molecule has 0 spiro atoms. The van der Waals surface area contributed by atoms with Gasteiger partial charge in [0.05, 0.1) is 6.61 Å². The van der Waals surface area contributed by atoms with Crippen molar-refractivity contribution in [3.8, 4) is 16.9 Å². The van der Waals surface area contributed by atoms with Gasteiger partial charge in [-0.1, -0.05) is 145 Å². The van der Waals surface area contributed by atoms with Crippen molar-refractivity contribution in [1.82, 2.24) is 0 Å². The molecule has 0 bridgehead atoms. The summed E-state index contributed by atoms with van der Waals surface area (Å²) in [7, 11) is 0. The second-order valence-corrected chi connectivity index (χ2v) is 19.0. The highest BCUT2D eigenvalue weighted by molar-refractivity contribution is 7.64. The molecule has 2 aromatic rings. The number of para-hydroxylation sites is 1. The minimum atomic E-state index is -2.38. The van der Waals surface area contributed by atoms with Gasteiger partial charge >= 0.3 is 6.00 Å². The Kier molecular flexibility index (Phi) is 17.0. The van der Waals surface area contributed by atoms with Crippen LogP contribution in [0.3, 0.4) is 0 Å². The molecular weight excluding hydrogens is 511 g/mol. The predicted molar refractivity (Wildman–Crippen MR) is 159 cm³/mol. The van der Waals surface area contributed by atoms with Gasteiger partial charge in [0.15, 0.2) is 0 Å². The second kappa shape index (κ2) is 19.4. The Morgan fingerprint density at radius 1 is 0.486 bits per heavy atom. The van der Waals surface area contributed by atoms with E-state index in [1.165, 1.54) is 101 Å². The van der Waals surface area contributed by atoms with Gasteiger partial charge in [-0.3, -0.25) is 0 Å². The zero-order chi connectivity index (χ0) is 25.0. The monoisotopic (exact) mass is 554 g/mol. The maximum Gasteiger partial charge on any atom is 0.341 e. The van der Waals surface area contributed by atoms with E-state index in [9.17, 15) is 0 Å². The molecule has 0 N–H and O–H groups in total. The van der Waals surface area contributed by atoms with E-state index in [1.54, 1.807) is 0 Å². The average molecular weight is 556 g/mol. The fourth-order valence-electron chi connectivity index (χ4n) is 4.53. The molecule has 0 aliphatic rings. The molecule has 0 aliphatic heterocycles. The summed E-state index contributed by atoms with van der Waals surface area (Å²) in [6, 6.07) is 17.3. The van der Waals surface area contributed by atoms with E-state index < -0.39 is 6.00 Å². The molecule has 0 saturated heterocycles. The van der Waals surface area contributed by atoms with Crippen molar-refractivity contribution in [3.05, 3.63) is 54.6 Å². The highest BCUT2D eigenvalue weighted by Crippen LogP contribution is 2.30. The van der Waals surface area contributed by atoms with E-state index in [0.717, 1.165) is 31.2 Å². The van der Waals surface area contributed by atoms with Crippen LogP contribution in [0.25, 0.3) is 11.1 Å². The fourth-order valence-corrected chi connectivity index (χ4v) is 6.39. The summed E-state index contributed by atoms with van der Waals surface area (Å²) in [4.78, 5) is 0. The number of halogens is 3. The molecule has 5 heteroatoms. The molecule has 0 fully saturated rings. The van der Waals surface area contributed by atoms with Gasteiger partial charge in [-0.25, -0.2) is 0 Å². The lowest BCUT2D eigenvalue weighted by Crippen LogP contribution is -2.07. The Balaban J connectivity index is 1.34. The first kappa shape index (κ1) is 30.6. The van der Waals surface area contributed by atoms with Crippen molar-refractivity contribution in [2.75, 3.05) is 6.61 Å². The van der Waals surface area contributed by atoms with Crippen LogP contribution in [0.1, 0.15) is 103 Å². The number of hydrogen-bond acceptors (Lipinski definition) is 1. The van der Waals surface area contributed by atoms with Gasteiger partial charge < -0.3 is 4.74 Å². The van der Waals surface area contributed by atoms with Crippen LogP contribution < -0.4 is 4.74 Å². The van der Waals surface area contributed by atoms with Crippen LogP contribution in [0, 0.1) is 0 Å². The Morgan fingerprint density at radius 2 is 0.914 bits per heavy atom. The van der Waals surface area contributed by atoms with Gasteiger partial charge in [-0.2, -0.15) is 0 Å². The van der Waals surface area contributed by atoms with Gasteiger partial charge in [0, 0.05) is 5.56 Å². The quantitative estimate of drug-likeness (QED) is 0.0845. The third-order valence-electron chi connectivity index (χ3n) is 6.58. The van der Waals surface area contributed by atoms with Crippen molar-refractivity contribution in [2.45, 2.75) is 109 Å². The predicted octanol–water partition coefficient (Wildman–Crippen LogP) is 11.6. The number of hydrogen-bond donors (Lipinski definition) is 0. The lowest BCUT2D eigenvalue weighted by atomic mass is 10.0. The molecule has 2 rings (SSSR count). The largest absolute Gasteiger partial charge is 0.493 e. The summed E-state index contributed by atoms with van der Waals surface area (Å²) >= 11 is 17.7. The summed E-state index contributed by atoms with van der Waals surface area (Å²) in [5.41, 5.74) is 2.40. The minimum Gasteiger partial charge on any atom is -0.493 e. The number of rotatable bonds is 21. The molecule has 0 unspecified atom stereocenters. The zero-order valence-electron chi connectivity index (χ0n) is 21.5. The molecule has 196 valence electrons. The summed E-state index contributed by atoms with van der Waals surface area (Å²) in [6.07, 6.45) is 21.2. The van der Waals surface area contributed by atoms with Crippen LogP contribution in [-0.4, -0.2) is 12.6 Å². The average Bonchev–Trinajstić information content (AvgIpc) is 2.85. The lowest BCUT2D eigenvalue weighted by molar-refractivity contribution is 0.305. The van der Waals surface area contributed by atoms with Crippen LogP contribution in [0.2, 0.25) is 6.04 Å². The van der Waals surface area contributed by atoms with Gasteiger partial charge in [-0.05, 0) is 24.1 Å². The maximum absolute atomic E-state index is 6.11. The highest BCUT2D eigenvalue weighted by atomic mass is 35.8. The Morgan fingerprint density at radius 3 is 1.43 bits per heavy atom. The first-order valence-electron chi connectivity index (χ1n) is 13.9. The number of benzene rings is 2. The van der Waals surface area contributed by atoms with E-state index in [-0.39, 0.29) is 0 Å². The highest BCUT2D eigenvalue weighted by Gasteiger charge is 2.23. The normalized spacial score (nSPS) is 11.6. The second-order valence-electron chi connectivity index (χ2n) is 9.73. The van der Waals surface area contributed by atoms with E-state index >= 15 is 0 Å². The van der Waals surface area contributed by atoms with Gasteiger partial charge in [-0.15, -0.1) is 33.2 Å². The van der Waals surface area contributed by atoms with Crippen LogP contribution in [0.15, 0.2) is 54.6 Å². The Labute approximate surface area is 230 Å². The molecule has 2 aromatic carbocycles. The van der Waals surface area contributed by atoms with E-state index in [0.29, 0.717) is 0 Å². The fraction of sp³-hybridized carbons (Fsp3) is 0.600. The molecular formula is C30H45Cl3OSi. The SMILES string of the molecule is Cl[Si](Cl)(Cl)CCCCCCCCCCCCCCCCCCOc1ccccc1-c1ccccc1. The molecule has 0 heterocycles. The number of unbranched alkanes of at least 4 members (excludes halogenated alkanes) is 15. The topological polar surface area (TPSA) is 9.23 Å². The molecule has 0 saturated carbocycles. The molecule has 0 aromatic heterocycles. The van der Waals surface area contributed by atoms with Crippen molar-refractivity contribution in [1.29, 1.82) is 0 Å². The first-order chi connectivity index (χ1) is 17.1. The maximum atomic E-state index is 6.11. The van der Waals surface area contributed by atoms with Crippen LogP contribution in [-0.2, 0) is 0 Å². The van der Waals surface area contributed by atoms with E-state index in [4.69, 9.17) is 38.0 Å².